The van der Waals surface area contributed by atoms with Crippen LogP contribution in [0.1, 0.15) is 38.8 Å². The number of benzene rings is 2. The number of methoxy groups -OCH3 is 1. The van der Waals surface area contributed by atoms with Gasteiger partial charge in [-0.1, -0.05) is 42.5 Å². The van der Waals surface area contributed by atoms with Crippen LogP contribution in [0, 0.1) is 0 Å². The Hall–Kier alpha value is -3.55. The van der Waals surface area contributed by atoms with Crippen molar-refractivity contribution in [2.24, 2.45) is 0 Å². The van der Waals surface area contributed by atoms with E-state index in [4.69, 9.17) is 9.47 Å². The van der Waals surface area contributed by atoms with E-state index in [1.54, 1.807) is 12.1 Å². The fourth-order valence-electron chi connectivity index (χ4n) is 2.95. The molecule has 0 fully saturated rings. The lowest BCUT2D eigenvalue weighted by molar-refractivity contribution is -0.144. The highest BCUT2D eigenvalue weighted by molar-refractivity contribution is 5.89. The predicted octanol–water partition coefficient (Wildman–Crippen LogP) is 3.38. The standard InChI is InChI=1S/C25H32N2O6/c1-17(23(29)31-5)26-22(28)21(27-24(30)32-16-19-9-7-6-8-10-19)15-18-11-13-20(14-12-18)33-25(2,3)4/h6-14,17,21H,15-16H2,1-5H3,(H,26,28)(H,27,30). The molecule has 2 rings (SSSR count). The van der Waals surface area contributed by atoms with E-state index < -0.39 is 30.1 Å². The molecular weight excluding hydrogens is 424 g/mol. The van der Waals surface area contributed by atoms with Crippen molar-refractivity contribution in [3.05, 3.63) is 65.7 Å². The van der Waals surface area contributed by atoms with Crippen LogP contribution in [0.4, 0.5) is 4.79 Å². The molecule has 8 heteroatoms. The molecule has 2 unspecified atom stereocenters. The minimum absolute atomic E-state index is 0.0679. The van der Waals surface area contributed by atoms with Gasteiger partial charge in [-0.15, -0.1) is 0 Å². The minimum Gasteiger partial charge on any atom is -0.488 e. The number of ether oxygens (including phenoxy) is 3. The van der Waals surface area contributed by atoms with Gasteiger partial charge in [0.15, 0.2) is 0 Å². The molecule has 0 saturated carbocycles. The van der Waals surface area contributed by atoms with E-state index >= 15 is 0 Å². The van der Waals surface area contributed by atoms with Crippen molar-refractivity contribution < 1.29 is 28.6 Å². The fraction of sp³-hybridized carbons (Fsp3) is 0.400. The molecule has 2 aromatic carbocycles. The van der Waals surface area contributed by atoms with Crippen LogP contribution in [0.25, 0.3) is 0 Å². The molecule has 0 saturated heterocycles. The van der Waals surface area contributed by atoms with Crippen molar-refractivity contribution in [2.45, 2.75) is 58.4 Å². The third-order valence-corrected chi connectivity index (χ3v) is 4.52. The van der Waals surface area contributed by atoms with Gasteiger partial charge in [0.1, 0.15) is 30.0 Å². The molecule has 0 aromatic heterocycles. The Kier molecular flexibility index (Phi) is 9.27. The first kappa shape index (κ1) is 25.7. The van der Waals surface area contributed by atoms with Crippen LogP contribution in [0.3, 0.4) is 0 Å². The van der Waals surface area contributed by atoms with E-state index in [1.807, 2.05) is 63.2 Å². The Morgan fingerprint density at radius 1 is 0.909 bits per heavy atom. The summed E-state index contributed by atoms with van der Waals surface area (Å²) in [6.07, 6.45) is -0.548. The summed E-state index contributed by atoms with van der Waals surface area (Å²) in [6.45, 7) is 7.43. The topological polar surface area (TPSA) is 103 Å². The molecule has 8 nitrogen and oxygen atoms in total. The number of hydrogen-bond donors (Lipinski definition) is 2. The molecule has 0 radical (unpaired) electrons. The molecule has 0 aliphatic carbocycles. The Bertz CT molecular complexity index is 922. The lowest BCUT2D eigenvalue weighted by Gasteiger charge is -2.22. The van der Waals surface area contributed by atoms with E-state index in [2.05, 4.69) is 15.4 Å². The zero-order valence-electron chi connectivity index (χ0n) is 19.7. The van der Waals surface area contributed by atoms with Gasteiger partial charge in [-0.05, 0) is 51.0 Å². The summed E-state index contributed by atoms with van der Waals surface area (Å²) in [6, 6.07) is 14.6. The van der Waals surface area contributed by atoms with Gasteiger partial charge in [-0.2, -0.15) is 0 Å². The number of carbonyl (C=O) groups excluding carboxylic acids is 3. The van der Waals surface area contributed by atoms with Gasteiger partial charge in [0.2, 0.25) is 5.91 Å². The van der Waals surface area contributed by atoms with Crippen molar-refractivity contribution in [1.29, 1.82) is 0 Å². The number of amides is 2. The first-order valence-corrected chi connectivity index (χ1v) is 10.7. The summed E-state index contributed by atoms with van der Waals surface area (Å²) in [5, 5.41) is 5.16. The van der Waals surface area contributed by atoms with Crippen LogP contribution < -0.4 is 15.4 Å². The van der Waals surface area contributed by atoms with Crippen LogP contribution in [0.5, 0.6) is 5.75 Å². The third kappa shape index (κ3) is 9.22. The van der Waals surface area contributed by atoms with Crippen LogP contribution in [0.2, 0.25) is 0 Å². The second-order valence-electron chi connectivity index (χ2n) is 8.57. The maximum Gasteiger partial charge on any atom is 0.408 e. The zero-order chi connectivity index (χ0) is 24.4. The number of esters is 1. The maximum absolute atomic E-state index is 12.8. The molecule has 2 amide bonds. The Labute approximate surface area is 194 Å². The molecule has 0 aliphatic rings. The monoisotopic (exact) mass is 456 g/mol. The molecule has 2 aromatic rings. The van der Waals surface area contributed by atoms with Gasteiger partial charge < -0.3 is 24.8 Å². The molecule has 0 bridgehead atoms. The van der Waals surface area contributed by atoms with E-state index in [0.717, 1.165) is 11.1 Å². The van der Waals surface area contributed by atoms with Crippen LogP contribution in [0.15, 0.2) is 54.6 Å². The minimum atomic E-state index is -0.963. The Balaban J connectivity index is 2.08. The summed E-state index contributed by atoms with van der Waals surface area (Å²) in [7, 11) is 1.24. The molecule has 0 spiro atoms. The maximum atomic E-state index is 12.8. The van der Waals surface area contributed by atoms with Crippen molar-refractivity contribution >= 4 is 18.0 Å². The highest BCUT2D eigenvalue weighted by Gasteiger charge is 2.26. The van der Waals surface area contributed by atoms with Gasteiger partial charge in [0, 0.05) is 6.42 Å². The van der Waals surface area contributed by atoms with Crippen molar-refractivity contribution in [2.75, 3.05) is 7.11 Å². The van der Waals surface area contributed by atoms with Crippen molar-refractivity contribution in [3.8, 4) is 5.75 Å². The molecule has 2 N–H and O–H groups in total. The lowest BCUT2D eigenvalue weighted by Crippen LogP contribution is -2.52. The second kappa shape index (κ2) is 11.9. The Morgan fingerprint density at radius 3 is 2.12 bits per heavy atom. The van der Waals surface area contributed by atoms with E-state index in [0.29, 0.717) is 5.75 Å². The smallest absolute Gasteiger partial charge is 0.408 e. The largest absolute Gasteiger partial charge is 0.488 e. The van der Waals surface area contributed by atoms with E-state index in [1.165, 1.54) is 14.0 Å². The summed E-state index contributed by atoms with van der Waals surface area (Å²) in [4.78, 5) is 36.9. The summed E-state index contributed by atoms with van der Waals surface area (Å²) in [5.41, 5.74) is 1.28. The van der Waals surface area contributed by atoms with Crippen LogP contribution in [-0.2, 0) is 32.1 Å². The zero-order valence-corrected chi connectivity index (χ0v) is 19.7. The van der Waals surface area contributed by atoms with Crippen LogP contribution in [-0.4, -0.2) is 42.8 Å². The van der Waals surface area contributed by atoms with E-state index in [-0.39, 0.29) is 18.6 Å². The fourth-order valence-corrected chi connectivity index (χ4v) is 2.95. The van der Waals surface area contributed by atoms with Gasteiger partial charge >= 0.3 is 12.1 Å². The first-order chi connectivity index (χ1) is 15.6. The molecule has 0 heterocycles. The number of carbonyl (C=O) groups is 3. The van der Waals surface area contributed by atoms with Crippen LogP contribution >= 0.6 is 0 Å². The summed E-state index contributed by atoms with van der Waals surface area (Å²) in [5.74, 6) is -0.418. The van der Waals surface area contributed by atoms with Gasteiger partial charge in [-0.3, -0.25) is 4.79 Å². The quantitative estimate of drug-likeness (QED) is 0.561. The molecular formula is C25H32N2O6. The summed E-state index contributed by atoms with van der Waals surface area (Å²) < 4.78 is 15.7. The second-order valence-corrected chi connectivity index (χ2v) is 8.57. The van der Waals surface area contributed by atoms with E-state index in [9.17, 15) is 14.4 Å². The normalized spacial score (nSPS) is 12.8. The molecule has 2 atom stereocenters. The lowest BCUT2D eigenvalue weighted by atomic mass is 10.0. The van der Waals surface area contributed by atoms with Gasteiger partial charge in [0.05, 0.1) is 7.11 Å². The number of hydrogen-bond acceptors (Lipinski definition) is 6. The molecule has 178 valence electrons. The Morgan fingerprint density at radius 2 is 1.55 bits per heavy atom. The predicted molar refractivity (Wildman–Crippen MR) is 124 cm³/mol. The third-order valence-electron chi connectivity index (χ3n) is 4.52. The SMILES string of the molecule is COC(=O)C(C)NC(=O)C(Cc1ccc(OC(C)(C)C)cc1)NC(=O)OCc1ccccc1. The van der Waals surface area contributed by atoms with Gasteiger partial charge in [-0.25, -0.2) is 9.59 Å². The average molecular weight is 457 g/mol. The highest BCUT2D eigenvalue weighted by atomic mass is 16.5. The van der Waals surface area contributed by atoms with Crippen molar-refractivity contribution in [3.63, 3.8) is 0 Å². The number of alkyl carbamates (subject to hydrolysis) is 1. The first-order valence-electron chi connectivity index (χ1n) is 10.7. The molecule has 0 aliphatic heterocycles. The van der Waals surface area contributed by atoms with Crippen molar-refractivity contribution in [1.82, 2.24) is 10.6 Å². The highest BCUT2D eigenvalue weighted by Crippen LogP contribution is 2.19. The summed E-state index contributed by atoms with van der Waals surface area (Å²) >= 11 is 0. The number of nitrogens with one attached hydrogen (secondary N) is 2. The molecule has 33 heavy (non-hydrogen) atoms. The van der Waals surface area contributed by atoms with Gasteiger partial charge in [0.25, 0.3) is 0 Å². The average Bonchev–Trinajstić information content (AvgIpc) is 2.77. The number of rotatable bonds is 9.